The SMILES string of the molecule is CC[C@@]12C[C@]3(CC4=C5N(C3)c3ccccc3[C@@]53CCN5C[C@H]6O[C@H]6[C@@](CC)(C4)[C@H]53)C3=Nc4ccccc4C34CCN(C[C@H]3O[C@H]31)[C@H]42. The average molecular weight is 613 g/mol. The summed E-state index contributed by atoms with van der Waals surface area (Å²) in [5.41, 5.74) is 11.3. The van der Waals surface area contributed by atoms with Gasteiger partial charge in [0.15, 0.2) is 0 Å². The van der Waals surface area contributed by atoms with Crippen molar-refractivity contribution in [3.8, 4) is 0 Å². The molecule has 2 aliphatic carbocycles. The summed E-state index contributed by atoms with van der Waals surface area (Å²) in [5.74, 6) is 0. The minimum Gasteiger partial charge on any atom is -0.368 e. The second kappa shape index (κ2) is 7.54. The van der Waals surface area contributed by atoms with Crippen molar-refractivity contribution < 1.29 is 9.47 Å². The van der Waals surface area contributed by atoms with E-state index in [4.69, 9.17) is 14.5 Å². The van der Waals surface area contributed by atoms with Gasteiger partial charge in [0.2, 0.25) is 0 Å². The number of epoxide rings is 2. The fourth-order valence-electron chi connectivity index (χ4n) is 15.3. The molecule has 236 valence electrons. The van der Waals surface area contributed by atoms with Gasteiger partial charge in [0, 0.05) is 65.1 Å². The topological polar surface area (TPSA) is 47.1 Å². The molecule has 13 rings (SSSR count). The fraction of sp³-hybridized carbons (Fsp3) is 0.625. The maximum atomic E-state index is 6.72. The van der Waals surface area contributed by atoms with Gasteiger partial charge in [0.25, 0.3) is 0 Å². The standard InChI is InChI=1S/C40H44N4O2/c1-3-37-18-23-17-36(22-44-27-12-8-6-10-25(27)39(30(23)44)13-15-42(34(37)39)19-28-31(37)45-28)21-38(4-2)32-29(46-32)20-43-16-14-40(35(38)43)24-9-5-7-11-26(24)41-33(36)40/h5-12,28-29,31-32,34-35H,3-4,13-22H2,1-2H3/t28-,29-,31-,32-,34+,35+,36+,37-,38-,39+,40?/m1/s1. The quantitative estimate of drug-likeness (QED) is 0.406. The summed E-state index contributed by atoms with van der Waals surface area (Å²) in [6.45, 7) is 10.7. The van der Waals surface area contributed by atoms with E-state index in [9.17, 15) is 0 Å². The number of aliphatic imine (C=N–C) groups is 1. The van der Waals surface area contributed by atoms with Crippen molar-refractivity contribution in [2.24, 2.45) is 21.2 Å². The van der Waals surface area contributed by atoms with Gasteiger partial charge in [0.1, 0.15) is 0 Å². The van der Waals surface area contributed by atoms with Gasteiger partial charge < -0.3 is 14.4 Å². The smallest absolute Gasteiger partial charge is 0.0975 e. The Kier molecular flexibility index (Phi) is 4.18. The van der Waals surface area contributed by atoms with E-state index in [1.807, 2.05) is 0 Å². The van der Waals surface area contributed by atoms with Crippen LogP contribution in [0, 0.1) is 16.2 Å². The predicted octanol–water partition coefficient (Wildman–Crippen LogP) is 5.72. The number of fused-ring (bicyclic) bond motifs is 8. The van der Waals surface area contributed by atoms with Gasteiger partial charge in [-0.3, -0.25) is 14.8 Å². The first-order valence-electron chi connectivity index (χ1n) is 18.6. The van der Waals surface area contributed by atoms with Crippen LogP contribution in [0.4, 0.5) is 11.4 Å². The molecule has 2 aromatic rings. The van der Waals surface area contributed by atoms with Crippen LogP contribution in [0.25, 0.3) is 0 Å². The van der Waals surface area contributed by atoms with E-state index in [0.29, 0.717) is 36.5 Å². The van der Waals surface area contributed by atoms with Gasteiger partial charge >= 0.3 is 0 Å². The molecule has 11 atom stereocenters. The molecule has 0 aromatic heterocycles. The van der Waals surface area contributed by atoms with Crippen molar-refractivity contribution in [3.05, 3.63) is 70.9 Å². The lowest BCUT2D eigenvalue weighted by Gasteiger charge is -2.64. The van der Waals surface area contributed by atoms with Crippen LogP contribution in [-0.2, 0) is 20.3 Å². The Morgan fingerprint density at radius 1 is 0.783 bits per heavy atom. The van der Waals surface area contributed by atoms with Crippen molar-refractivity contribution in [3.63, 3.8) is 0 Å². The molecule has 2 aromatic carbocycles. The largest absolute Gasteiger partial charge is 0.368 e. The number of nitrogens with zero attached hydrogens (tertiary/aromatic N) is 4. The molecule has 1 unspecified atom stereocenters. The van der Waals surface area contributed by atoms with Crippen molar-refractivity contribution in [1.82, 2.24) is 9.80 Å². The summed E-state index contributed by atoms with van der Waals surface area (Å²) in [6.07, 6.45) is 10.1. The Labute approximate surface area is 271 Å². The van der Waals surface area contributed by atoms with Crippen LogP contribution < -0.4 is 4.90 Å². The summed E-state index contributed by atoms with van der Waals surface area (Å²) in [5, 5.41) is 0. The van der Waals surface area contributed by atoms with Crippen LogP contribution in [-0.4, -0.2) is 84.7 Å². The van der Waals surface area contributed by atoms with E-state index in [0.717, 1.165) is 19.6 Å². The number of para-hydroxylation sites is 2. The van der Waals surface area contributed by atoms with Gasteiger partial charge in [0.05, 0.1) is 40.9 Å². The highest BCUT2D eigenvalue weighted by Gasteiger charge is 2.80. The highest BCUT2D eigenvalue weighted by Crippen LogP contribution is 2.75. The normalized spacial score (nSPS) is 50.7. The molecule has 7 fully saturated rings. The lowest BCUT2D eigenvalue weighted by atomic mass is 9.43. The van der Waals surface area contributed by atoms with Crippen LogP contribution in [0.15, 0.2) is 64.8 Å². The summed E-state index contributed by atoms with van der Waals surface area (Å²) in [6, 6.07) is 20.0. The minimum absolute atomic E-state index is 0.00386. The van der Waals surface area contributed by atoms with E-state index >= 15 is 0 Å². The lowest BCUT2D eigenvalue weighted by Crippen LogP contribution is -2.71. The zero-order valence-corrected chi connectivity index (χ0v) is 27.2. The Bertz CT molecular complexity index is 1870. The highest BCUT2D eigenvalue weighted by atomic mass is 16.6. The molecule has 1 saturated carbocycles. The molecule has 46 heavy (non-hydrogen) atoms. The van der Waals surface area contributed by atoms with E-state index < -0.39 is 0 Å². The maximum Gasteiger partial charge on any atom is 0.0975 e. The molecule has 6 saturated heterocycles. The van der Waals surface area contributed by atoms with Crippen LogP contribution >= 0.6 is 0 Å². The Balaban J connectivity index is 1.08. The first-order valence-corrected chi connectivity index (χ1v) is 18.6. The average Bonchev–Trinajstić information content (AvgIpc) is 3.90. The first-order chi connectivity index (χ1) is 22.5. The molecule has 9 heterocycles. The molecule has 0 N–H and O–H groups in total. The summed E-state index contributed by atoms with van der Waals surface area (Å²) >= 11 is 0. The second-order valence-electron chi connectivity index (χ2n) is 17.4. The maximum absolute atomic E-state index is 6.72. The van der Waals surface area contributed by atoms with E-state index in [1.165, 1.54) is 75.0 Å². The summed E-state index contributed by atoms with van der Waals surface area (Å²) < 4.78 is 13.4. The molecule has 0 radical (unpaired) electrons. The monoisotopic (exact) mass is 612 g/mol. The van der Waals surface area contributed by atoms with Gasteiger partial charge in [-0.1, -0.05) is 50.2 Å². The number of hydrogen-bond donors (Lipinski definition) is 0. The predicted molar refractivity (Wildman–Crippen MR) is 177 cm³/mol. The van der Waals surface area contributed by atoms with E-state index in [-0.39, 0.29) is 27.1 Å². The number of rotatable bonds is 2. The van der Waals surface area contributed by atoms with Crippen LogP contribution in [0.3, 0.4) is 0 Å². The molecule has 9 aliphatic heterocycles. The number of allylic oxidation sites excluding steroid dienone is 1. The first kappa shape index (κ1) is 25.5. The van der Waals surface area contributed by atoms with Crippen molar-refractivity contribution in [2.45, 2.75) is 106 Å². The third kappa shape index (κ3) is 2.40. The lowest BCUT2D eigenvalue weighted by molar-refractivity contribution is -0.0218. The molecule has 11 aliphatic rings. The number of hydrogen-bond acceptors (Lipinski definition) is 6. The van der Waals surface area contributed by atoms with Gasteiger partial charge in [-0.15, -0.1) is 0 Å². The Hall–Kier alpha value is -2.51. The zero-order valence-electron chi connectivity index (χ0n) is 27.2. The molecular formula is C40H44N4O2. The van der Waals surface area contributed by atoms with Gasteiger partial charge in [-0.05, 0) is 86.9 Å². The molecule has 0 bridgehead atoms. The number of benzene rings is 2. The van der Waals surface area contributed by atoms with Gasteiger partial charge in [-0.2, -0.15) is 0 Å². The summed E-state index contributed by atoms with van der Waals surface area (Å²) in [4.78, 5) is 14.5. The van der Waals surface area contributed by atoms with Crippen molar-refractivity contribution >= 4 is 17.1 Å². The highest BCUT2D eigenvalue weighted by molar-refractivity contribution is 6.08. The van der Waals surface area contributed by atoms with Crippen LogP contribution in [0.2, 0.25) is 0 Å². The molecule has 3 spiro atoms. The number of ether oxygens (including phenoxy) is 2. The summed E-state index contributed by atoms with van der Waals surface area (Å²) in [7, 11) is 0. The van der Waals surface area contributed by atoms with E-state index in [1.54, 1.807) is 22.5 Å². The second-order valence-corrected chi connectivity index (χ2v) is 17.4. The van der Waals surface area contributed by atoms with Crippen molar-refractivity contribution in [1.29, 1.82) is 0 Å². The molecule has 6 nitrogen and oxygen atoms in total. The zero-order chi connectivity index (χ0) is 30.0. The number of piperidine rings is 2. The molecule has 6 heteroatoms. The third-order valence-corrected chi connectivity index (χ3v) is 16.3. The van der Waals surface area contributed by atoms with Crippen LogP contribution in [0.1, 0.15) is 69.9 Å². The van der Waals surface area contributed by atoms with Crippen molar-refractivity contribution in [2.75, 3.05) is 37.6 Å². The van der Waals surface area contributed by atoms with Gasteiger partial charge in [-0.25, -0.2) is 0 Å². The third-order valence-electron chi connectivity index (χ3n) is 16.3. The van der Waals surface area contributed by atoms with Crippen LogP contribution in [0.5, 0.6) is 0 Å². The molecular weight excluding hydrogens is 568 g/mol. The van der Waals surface area contributed by atoms with E-state index in [2.05, 4.69) is 77.1 Å². The minimum atomic E-state index is -0.00854. The Morgan fingerprint density at radius 2 is 1.46 bits per heavy atom. The Morgan fingerprint density at radius 3 is 2.24 bits per heavy atom. The fourth-order valence-corrected chi connectivity index (χ4v) is 15.3. The number of anilines is 1. The molecule has 0 amide bonds.